The van der Waals surface area contributed by atoms with Crippen LogP contribution in [-0.4, -0.2) is 9.78 Å². The lowest BCUT2D eigenvalue weighted by atomic mass is 10.2. The van der Waals surface area contributed by atoms with E-state index < -0.39 is 0 Å². The SMILES string of the molecule is Cc1cc(COc2ccc(CBr)cc2Br)n(C)n1. The number of hydrogen-bond acceptors (Lipinski definition) is 2. The maximum absolute atomic E-state index is 5.79. The molecular formula is C13H14Br2N2O. The maximum atomic E-state index is 5.79. The number of aromatic nitrogens is 2. The number of benzene rings is 1. The van der Waals surface area contributed by atoms with Crippen LogP contribution in [0.25, 0.3) is 0 Å². The van der Waals surface area contributed by atoms with E-state index in [4.69, 9.17) is 4.74 Å². The summed E-state index contributed by atoms with van der Waals surface area (Å²) in [6, 6.07) is 8.10. The van der Waals surface area contributed by atoms with E-state index in [0.717, 1.165) is 26.9 Å². The zero-order valence-corrected chi connectivity index (χ0v) is 13.5. The van der Waals surface area contributed by atoms with Gasteiger partial charge in [0.25, 0.3) is 0 Å². The van der Waals surface area contributed by atoms with Gasteiger partial charge in [-0.15, -0.1) is 0 Å². The molecule has 0 bridgehead atoms. The fraction of sp³-hybridized carbons (Fsp3) is 0.308. The molecule has 0 atom stereocenters. The predicted octanol–water partition coefficient (Wildman–Crippen LogP) is 3.96. The van der Waals surface area contributed by atoms with Crippen molar-refractivity contribution in [1.29, 1.82) is 0 Å². The Morgan fingerprint density at radius 3 is 2.67 bits per heavy atom. The van der Waals surface area contributed by atoms with Crippen molar-refractivity contribution in [2.24, 2.45) is 7.05 Å². The Morgan fingerprint density at radius 2 is 2.11 bits per heavy atom. The molecule has 0 aliphatic heterocycles. The zero-order chi connectivity index (χ0) is 13.1. The van der Waals surface area contributed by atoms with E-state index in [2.05, 4.69) is 43.0 Å². The van der Waals surface area contributed by atoms with Crippen molar-refractivity contribution in [3.05, 3.63) is 45.7 Å². The summed E-state index contributed by atoms with van der Waals surface area (Å²) >= 11 is 6.95. The molecule has 0 fully saturated rings. The Hall–Kier alpha value is -0.810. The van der Waals surface area contributed by atoms with Gasteiger partial charge in [0, 0.05) is 12.4 Å². The minimum atomic E-state index is 0.517. The van der Waals surface area contributed by atoms with Gasteiger partial charge >= 0.3 is 0 Å². The van der Waals surface area contributed by atoms with Crippen molar-refractivity contribution in [2.75, 3.05) is 0 Å². The summed E-state index contributed by atoms with van der Waals surface area (Å²) in [6.45, 7) is 2.49. The summed E-state index contributed by atoms with van der Waals surface area (Å²) in [5, 5.41) is 5.13. The lowest BCUT2D eigenvalue weighted by Gasteiger charge is -2.09. The molecule has 0 saturated heterocycles. The van der Waals surface area contributed by atoms with E-state index >= 15 is 0 Å². The molecule has 18 heavy (non-hydrogen) atoms. The van der Waals surface area contributed by atoms with Gasteiger partial charge in [-0.1, -0.05) is 22.0 Å². The maximum Gasteiger partial charge on any atom is 0.134 e. The molecule has 0 amide bonds. The highest BCUT2D eigenvalue weighted by atomic mass is 79.9. The van der Waals surface area contributed by atoms with Crippen LogP contribution in [0.5, 0.6) is 5.75 Å². The first kappa shape index (κ1) is 13.6. The first-order valence-corrected chi connectivity index (χ1v) is 7.48. The van der Waals surface area contributed by atoms with E-state index in [1.165, 1.54) is 5.56 Å². The van der Waals surface area contributed by atoms with Gasteiger partial charge in [-0.05, 0) is 46.6 Å². The molecule has 3 nitrogen and oxygen atoms in total. The van der Waals surface area contributed by atoms with Crippen LogP contribution in [0.15, 0.2) is 28.7 Å². The average Bonchev–Trinajstić information content (AvgIpc) is 2.66. The van der Waals surface area contributed by atoms with Crippen LogP contribution in [0.3, 0.4) is 0 Å². The van der Waals surface area contributed by atoms with Gasteiger partial charge < -0.3 is 4.74 Å². The highest BCUT2D eigenvalue weighted by molar-refractivity contribution is 9.10. The normalized spacial score (nSPS) is 10.7. The quantitative estimate of drug-likeness (QED) is 0.758. The minimum Gasteiger partial charge on any atom is -0.486 e. The molecule has 0 saturated carbocycles. The van der Waals surface area contributed by atoms with Crippen molar-refractivity contribution in [1.82, 2.24) is 9.78 Å². The molecule has 2 aromatic rings. The van der Waals surface area contributed by atoms with Gasteiger partial charge in [-0.25, -0.2) is 0 Å². The van der Waals surface area contributed by atoms with Crippen LogP contribution in [0.2, 0.25) is 0 Å². The molecular weight excluding hydrogens is 360 g/mol. The van der Waals surface area contributed by atoms with Crippen molar-refractivity contribution in [3.8, 4) is 5.75 Å². The Bertz CT molecular complexity index is 552. The molecule has 2 rings (SSSR count). The first-order valence-electron chi connectivity index (χ1n) is 5.57. The zero-order valence-electron chi connectivity index (χ0n) is 10.3. The van der Waals surface area contributed by atoms with Crippen LogP contribution in [0.1, 0.15) is 17.0 Å². The van der Waals surface area contributed by atoms with E-state index in [1.54, 1.807) is 0 Å². The molecule has 0 aliphatic carbocycles. The van der Waals surface area contributed by atoms with Gasteiger partial charge in [-0.3, -0.25) is 4.68 Å². The predicted molar refractivity (Wildman–Crippen MR) is 79.1 cm³/mol. The highest BCUT2D eigenvalue weighted by Crippen LogP contribution is 2.27. The Balaban J connectivity index is 2.08. The smallest absolute Gasteiger partial charge is 0.134 e. The van der Waals surface area contributed by atoms with Crippen molar-refractivity contribution >= 4 is 31.9 Å². The number of alkyl halides is 1. The van der Waals surface area contributed by atoms with Crippen molar-refractivity contribution in [2.45, 2.75) is 18.9 Å². The lowest BCUT2D eigenvalue weighted by molar-refractivity contribution is 0.293. The largest absolute Gasteiger partial charge is 0.486 e. The number of hydrogen-bond donors (Lipinski definition) is 0. The Labute approximate surface area is 123 Å². The van der Waals surface area contributed by atoms with Crippen LogP contribution in [-0.2, 0) is 19.0 Å². The number of aryl methyl sites for hydroxylation is 2. The fourth-order valence-corrected chi connectivity index (χ4v) is 2.58. The number of halogens is 2. The standard InChI is InChI=1S/C13H14Br2N2O/c1-9-5-11(17(2)16-9)8-18-13-4-3-10(7-14)6-12(13)15/h3-6H,7-8H2,1-2H3. The number of rotatable bonds is 4. The molecule has 0 radical (unpaired) electrons. The third kappa shape index (κ3) is 3.14. The number of nitrogens with zero attached hydrogens (tertiary/aromatic N) is 2. The first-order chi connectivity index (χ1) is 8.60. The third-order valence-electron chi connectivity index (χ3n) is 2.63. The van der Waals surface area contributed by atoms with E-state index in [1.807, 2.05) is 36.9 Å². The minimum absolute atomic E-state index is 0.517. The van der Waals surface area contributed by atoms with Gasteiger partial charge in [0.05, 0.1) is 15.9 Å². The molecule has 1 aromatic carbocycles. The highest BCUT2D eigenvalue weighted by Gasteiger charge is 2.06. The monoisotopic (exact) mass is 372 g/mol. The van der Waals surface area contributed by atoms with Crippen molar-refractivity contribution < 1.29 is 4.74 Å². The summed E-state index contributed by atoms with van der Waals surface area (Å²) in [5.74, 6) is 0.846. The summed E-state index contributed by atoms with van der Waals surface area (Å²) < 4.78 is 8.61. The van der Waals surface area contributed by atoms with Crippen molar-refractivity contribution in [3.63, 3.8) is 0 Å². The molecule has 1 heterocycles. The van der Waals surface area contributed by atoms with E-state index in [0.29, 0.717) is 6.61 Å². The molecule has 0 spiro atoms. The molecule has 5 heteroatoms. The van der Waals surface area contributed by atoms with Gasteiger partial charge in [0.15, 0.2) is 0 Å². The fourth-order valence-electron chi connectivity index (χ4n) is 1.70. The molecule has 0 unspecified atom stereocenters. The topological polar surface area (TPSA) is 27.1 Å². The number of ether oxygens (including phenoxy) is 1. The van der Waals surface area contributed by atoms with Gasteiger partial charge in [0.1, 0.15) is 12.4 Å². The van der Waals surface area contributed by atoms with E-state index in [9.17, 15) is 0 Å². The second-order valence-electron chi connectivity index (χ2n) is 4.09. The average molecular weight is 374 g/mol. The molecule has 96 valence electrons. The third-order valence-corrected chi connectivity index (χ3v) is 3.89. The summed E-state index contributed by atoms with van der Waals surface area (Å²) in [7, 11) is 1.93. The molecule has 0 aliphatic rings. The van der Waals surface area contributed by atoms with Crippen LogP contribution < -0.4 is 4.74 Å². The summed E-state index contributed by atoms with van der Waals surface area (Å²) in [6.07, 6.45) is 0. The van der Waals surface area contributed by atoms with Gasteiger partial charge in [-0.2, -0.15) is 5.10 Å². The van der Waals surface area contributed by atoms with Crippen LogP contribution in [0, 0.1) is 6.92 Å². The second kappa shape index (κ2) is 5.89. The summed E-state index contributed by atoms with van der Waals surface area (Å²) in [5.41, 5.74) is 3.28. The van der Waals surface area contributed by atoms with Crippen LogP contribution in [0.4, 0.5) is 0 Å². The summed E-state index contributed by atoms with van der Waals surface area (Å²) in [4.78, 5) is 0. The van der Waals surface area contributed by atoms with Crippen LogP contribution >= 0.6 is 31.9 Å². The Morgan fingerprint density at radius 1 is 1.33 bits per heavy atom. The van der Waals surface area contributed by atoms with Gasteiger partial charge in [0.2, 0.25) is 0 Å². The Kier molecular flexibility index (Phi) is 4.45. The second-order valence-corrected chi connectivity index (χ2v) is 5.50. The lowest BCUT2D eigenvalue weighted by Crippen LogP contribution is -2.03. The molecule has 1 aromatic heterocycles. The molecule has 0 N–H and O–H groups in total. The van der Waals surface area contributed by atoms with E-state index in [-0.39, 0.29) is 0 Å².